The highest BCUT2D eigenvalue weighted by Gasteiger charge is 2.37. The second-order valence-electron chi connectivity index (χ2n) is 7.54. The third-order valence-corrected chi connectivity index (χ3v) is 6.64. The highest BCUT2D eigenvalue weighted by Crippen LogP contribution is 2.37. The van der Waals surface area contributed by atoms with Crippen LogP contribution in [0.5, 0.6) is 5.75 Å². The molecule has 0 fully saturated rings. The monoisotopic (exact) mass is 506 g/mol. The van der Waals surface area contributed by atoms with Crippen molar-refractivity contribution >= 4 is 46.4 Å². The van der Waals surface area contributed by atoms with Crippen molar-refractivity contribution < 1.29 is 23.5 Å². The molecule has 0 saturated heterocycles. The Morgan fingerprint density at radius 3 is 2.50 bits per heavy atom. The molecule has 9 nitrogen and oxygen atoms in total. The van der Waals surface area contributed by atoms with Crippen LogP contribution in [-0.2, 0) is 14.3 Å². The Morgan fingerprint density at radius 2 is 1.89 bits per heavy atom. The number of nitrogens with one attached hydrogen (secondary N) is 1. The Bertz CT molecular complexity index is 1630. The number of halogens is 1. The maximum Gasteiger partial charge on any atom is 0.332 e. The number of methoxy groups -OCH3 is 2. The zero-order valence-electron chi connectivity index (χ0n) is 19.1. The third kappa shape index (κ3) is 4.25. The number of rotatable bonds is 5. The number of ether oxygens (including phenoxy) is 2. The quantitative estimate of drug-likeness (QED) is 0.497. The maximum absolute atomic E-state index is 15.0. The van der Waals surface area contributed by atoms with Gasteiger partial charge in [-0.15, -0.1) is 11.3 Å². The van der Waals surface area contributed by atoms with E-state index in [1.807, 2.05) is 6.07 Å². The Kier molecular flexibility index (Phi) is 6.71. The Labute approximate surface area is 207 Å². The summed E-state index contributed by atoms with van der Waals surface area (Å²) in [6.07, 6.45) is 0.967. The fourth-order valence-corrected chi connectivity index (χ4v) is 4.96. The molecule has 0 bridgehead atoms. The van der Waals surface area contributed by atoms with Crippen molar-refractivity contribution in [2.24, 2.45) is 5.73 Å². The molecule has 182 valence electrons. The average Bonchev–Trinajstić information content (AvgIpc) is 3.20. The van der Waals surface area contributed by atoms with Crippen molar-refractivity contribution in [1.29, 1.82) is 5.26 Å². The number of carbonyl (C=O) groups excluding carboxylic acids is 2. The van der Waals surface area contributed by atoms with Crippen LogP contribution in [0.3, 0.4) is 0 Å². The van der Waals surface area contributed by atoms with Crippen molar-refractivity contribution in [3.63, 3.8) is 0 Å². The molecule has 0 unspecified atom stereocenters. The number of allylic oxidation sites excluding steroid dienone is 1. The van der Waals surface area contributed by atoms with Crippen LogP contribution in [0.25, 0.3) is 17.5 Å². The van der Waals surface area contributed by atoms with Gasteiger partial charge in [-0.2, -0.15) is 5.26 Å². The number of nitriles is 1. The lowest BCUT2D eigenvalue weighted by molar-refractivity contribution is -0.133. The number of hydrogen-bond donors (Lipinski definition) is 2. The number of benzene rings is 2. The Balaban J connectivity index is 2.03. The van der Waals surface area contributed by atoms with Gasteiger partial charge in [-0.05, 0) is 30.3 Å². The molecule has 0 radical (unpaired) electrons. The number of carbonyl (C=O) groups is 2. The van der Waals surface area contributed by atoms with Gasteiger partial charge in [0.05, 0.1) is 37.4 Å². The minimum atomic E-state index is -1.21. The number of hydrogen-bond acceptors (Lipinski definition) is 8. The number of esters is 1. The molecule has 2 heterocycles. The Morgan fingerprint density at radius 1 is 1.19 bits per heavy atom. The molecule has 1 aliphatic rings. The lowest BCUT2D eigenvalue weighted by Gasteiger charge is -2.25. The van der Waals surface area contributed by atoms with Crippen LogP contribution >= 0.6 is 11.3 Å². The van der Waals surface area contributed by atoms with Gasteiger partial charge in [-0.1, -0.05) is 18.2 Å². The van der Waals surface area contributed by atoms with E-state index < -0.39 is 29.2 Å². The van der Waals surface area contributed by atoms with E-state index in [-0.39, 0.29) is 31.7 Å². The summed E-state index contributed by atoms with van der Waals surface area (Å²) in [5, 5.41) is 12.7. The zero-order valence-corrected chi connectivity index (χ0v) is 19.9. The second-order valence-corrected chi connectivity index (χ2v) is 8.57. The van der Waals surface area contributed by atoms with Gasteiger partial charge in [-0.25, -0.2) is 9.18 Å². The highest BCUT2D eigenvalue weighted by molar-refractivity contribution is 7.07. The topological polar surface area (TPSA) is 136 Å². The highest BCUT2D eigenvalue weighted by atomic mass is 32.1. The van der Waals surface area contributed by atoms with Crippen molar-refractivity contribution in [1.82, 2.24) is 4.57 Å². The first kappa shape index (κ1) is 24.4. The molecule has 1 aliphatic heterocycles. The SMILES string of the molecule is COC(=O)/C=c1\sc2n(c1=O)C(N)=C(C#N)[C@@H](c1ccccc1F)C=2C(=O)Nc1ccc(OC)cc1. The van der Waals surface area contributed by atoms with Gasteiger partial charge in [0.1, 0.15) is 26.6 Å². The molecule has 1 aromatic heterocycles. The molecule has 1 atom stereocenters. The van der Waals surface area contributed by atoms with E-state index in [0.29, 0.717) is 11.4 Å². The predicted octanol–water partition coefficient (Wildman–Crippen LogP) is 1.25. The molecule has 1 amide bonds. The molecular formula is C25H19FN4O5S. The fraction of sp³-hybridized carbons (Fsp3) is 0.120. The number of amides is 1. The molecular weight excluding hydrogens is 487 g/mol. The molecule has 4 rings (SSSR count). The van der Waals surface area contributed by atoms with Gasteiger partial charge in [0.15, 0.2) is 0 Å². The van der Waals surface area contributed by atoms with Crippen LogP contribution in [0.4, 0.5) is 10.1 Å². The summed E-state index contributed by atoms with van der Waals surface area (Å²) in [4.78, 5) is 38.6. The van der Waals surface area contributed by atoms with Crippen molar-refractivity contribution in [3.05, 3.63) is 85.0 Å². The first-order valence-electron chi connectivity index (χ1n) is 10.5. The minimum absolute atomic E-state index is 0.0301. The molecule has 3 N–H and O–H groups in total. The van der Waals surface area contributed by atoms with Crippen LogP contribution in [-0.4, -0.2) is 30.7 Å². The molecule has 0 aliphatic carbocycles. The first-order valence-corrected chi connectivity index (χ1v) is 11.3. The number of nitrogens with zero attached hydrogens (tertiary/aromatic N) is 2. The lowest BCUT2D eigenvalue weighted by atomic mass is 9.83. The van der Waals surface area contributed by atoms with Gasteiger partial charge >= 0.3 is 5.97 Å². The van der Waals surface area contributed by atoms with E-state index in [4.69, 9.17) is 10.5 Å². The molecule has 11 heteroatoms. The normalized spacial score (nSPS) is 15.2. The van der Waals surface area contributed by atoms with Gasteiger partial charge in [-0.3, -0.25) is 14.2 Å². The number of nitrogens with two attached hydrogens (primary N) is 1. The van der Waals surface area contributed by atoms with Gasteiger partial charge in [0.2, 0.25) is 0 Å². The molecule has 3 aromatic rings. The summed E-state index contributed by atoms with van der Waals surface area (Å²) in [6, 6.07) is 14.1. The molecule has 0 spiro atoms. The lowest BCUT2D eigenvalue weighted by Crippen LogP contribution is -2.41. The van der Waals surface area contributed by atoms with E-state index in [1.165, 1.54) is 25.3 Å². The summed E-state index contributed by atoms with van der Waals surface area (Å²) < 4.78 is 25.7. The summed E-state index contributed by atoms with van der Waals surface area (Å²) in [5.41, 5.74) is 5.67. The maximum atomic E-state index is 15.0. The number of thiazole rings is 1. The van der Waals surface area contributed by atoms with Crippen molar-refractivity contribution in [3.8, 4) is 11.8 Å². The molecule has 36 heavy (non-hydrogen) atoms. The van der Waals surface area contributed by atoms with E-state index in [1.54, 1.807) is 30.3 Å². The smallest absolute Gasteiger partial charge is 0.332 e. The zero-order chi connectivity index (χ0) is 26.0. The minimum Gasteiger partial charge on any atom is -0.497 e. The summed E-state index contributed by atoms with van der Waals surface area (Å²) in [5.74, 6) is -3.03. The van der Waals surface area contributed by atoms with Crippen LogP contribution in [0, 0.1) is 17.1 Å². The molecule has 0 saturated carbocycles. The summed E-state index contributed by atoms with van der Waals surface area (Å²) in [7, 11) is 2.66. The van der Waals surface area contributed by atoms with Gasteiger partial charge in [0.25, 0.3) is 11.5 Å². The second kappa shape index (κ2) is 9.89. The predicted molar refractivity (Wildman–Crippen MR) is 131 cm³/mol. The van der Waals surface area contributed by atoms with Crippen LogP contribution < -0.4 is 30.5 Å². The van der Waals surface area contributed by atoms with Gasteiger partial charge < -0.3 is 20.5 Å². The van der Waals surface area contributed by atoms with E-state index >= 15 is 0 Å². The summed E-state index contributed by atoms with van der Waals surface area (Å²) >= 11 is 0.809. The van der Waals surface area contributed by atoms with Crippen LogP contribution in [0.15, 0.2) is 58.9 Å². The van der Waals surface area contributed by atoms with Crippen molar-refractivity contribution in [2.75, 3.05) is 19.5 Å². The fourth-order valence-electron chi connectivity index (χ4n) is 3.83. The van der Waals surface area contributed by atoms with E-state index in [2.05, 4.69) is 10.1 Å². The van der Waals surface area contributed by atoms with Crippen LogP contribution in [0.1, 0.15) is 11.5 Å². The Hall–Kier alpha value is -4.69. The standard InChI is InChI=1S/C25H19FN4O5S/c1-34-14-9-7-13(8-10-14)29-23(32)21-20(15-5-3-4-6-17(15)26)16(12-27)22(28)30-24(33)18(36-25(21)30)11-19(31)35-2/h3-11,20H,28H2,1-2H3,(H,29,32)/b18-11-/t20-/m1/s1. The van der Waals surface area contributed by atoms with Crippen molar-refractivity contribution in [2.45, 2.75) is 5.92 Å². The first-order chi connectivity index (χ1) is 17.3. The van der Waals surface area contributed by atoms with E-state index in [0.717, 1.165) is 29.1 Å². The van der Waals surface area contributed by atoms with Crippen LogP contribution in [0.2, 0.25) is 0 Å². The third-order valence-electron chi connectivity index (χ3n) is 5.53. The summed E-state index contributed by atoms with van der Waals surface area (Å²) in [6.45, 7) is 0. The van der Waals surface area contributed by atoms with Gasteiger partial charge in [0, 0.05) is 17.3 Å². The average molecular weight is 507 g/mol. The van der Waals surface area contributed by atoms with E-state index in [9.17, 15) is 24.0 Å². The number of aromatic nitrogens is 1. The largest absolute Gasteiger partial charge is 0.497 e. The molecule has 2 aromatic carbocycles. The number of fused-ring (bicyclic) bond motifs is 1. The number of anilines is 1.